The second-order valence-electron chi connectivity index (χ2n) is 5.29. The summed E-state index contributed by atoms with van der Waals surface area (Å²) in [7, 11) is 1.56. The van der Waals surface area contributed by atoms with Crippen molar-refractivity contribution in [2.45, 2.75) is 6.54 Å². The molecule has 0 aliphatic rings. The molecule has 25 heavy (non-hydrogen) atoms. The fraction of sp³-hybridized carbons (Fsp3) is 0.118. The lowest BCUT2D eigenvalue weighted by atomic mass is 10.2. The van der Waals surface area contributed by atoms with Gasteiger partial charge in [-0.2, -0.15) is 0 Å². The van der Waals surface area contributed by atoms with Gasteiger partial charge in [-0.15, -0.1) is 5.10 Å². The van der Waals surface area contributed by atoms with Gasteiger partial charge in [0.15, 0.2) is 11.5 Å². The van der Waals surface area contributed by atoms with Gasteiger partial charge < -0.3 is 15.8 Å². The van der Waals surface area contributed by atoms with Crippen molar-refractivity contribution < 1.29 is 9.53 Å². The third kappa shape index (κ3) is 3.89. The highest BCUT2D eigenvalue weighted by Crippen LogP contribution is 2.19. The largest absolute Gasteiger partial charge is 0.497 e. The number of anilines is 2. The molecule has 0 fully saturated rings. The molecule has 2 aromatic carbocycles. The molecule has 0 spiro atoms. The number of carbonyl (C=O) groups excluding carboxylic acids is 1. The van der Waals surface area contributed by atoms with Crippen LogP contribution in [-0.2, 0) is 6.54 Å². The summed E-state index contributed by atoms with van der Waals surface area (Å²) in [5.41, 5.74) is 7.61. The number of nitrogens with zero attached hydrogens (tertiary/aromatic N) is 3. The van der Waals surface area contributed by atoms with E-state index in [0.29, 0.717) is 23.0 Å². The molecular formula is C17H16ClN5O2. The Morgan fingerprint density at radius 1 is 1.28 bits per heavy atom. The highest BCUT2D eigenvalue weighted by Gasteiger charge is 2.18. The van der Waals surface area contributed by atoms with E-state index < -0.39 is 5.91 Å². The summed E-state index contributed by atoms with van der Waals surface area (Å²) < 4.78 is 6.59. The van der Waals surface area contributed by atoms with Gasteiger partial charge >= 0.3 is 0 Å². The van der Waals surface area contributed by atoms with Gasteiger partial charge in [0.25, 0.3) is 5.91 Å². The highest BCUT2D eigenvalue weighted by molar-refractivity contribution is 6.30. The summed E-state index contributed by atoms with van der Waals surface area (Å²) >= 11 is 5.87. The molecular weight excluding hydrogens is 342 g/mol. The number of aromatic nitrogens is 3. The molecule has 3 aromatic rings. The minimum Gasteiger partial charge on any atom is -0.497 e. The number of nitrogen functional groups attached to an aromatic ring is 1. The SMILES string of the molecule is COc1cccc(NC(=O)c2nnn(Cc3ccc(Cl)cc3)c2N)c1. The Morgan fingerprint density at radius 3 is 2.76 bits per heavy atom. The molecule has 1 aromatic heterocycles. The van der Waals surface area contributed by atoms with Crippen LogP contribution in [0.2, 0.25) is 5.02 Å². The average Bonchev–Trinajstić information content (AvgIpc) is 2.98. The Kier molecular flexibility index (Phi) is 4.85. The smallest absolute Gasteiger partial charge is 0.280 e. The van der Waals surface area contributed by atoms with Crippen LogP contribution in [0.15, 0.2) is 48.5 Å². The molecule has 3 N–H and O–H groups in total. The Labute approximate surface area is 149 Å². The standard InChI is InChI=1S/C17H16ClN5O2/c1-25-14-4-2-3-13(9-14)20-17(24)15-16(19)23(22-21-15)10-11-5-7-12(18)8-6-11/h2-9H,10,19H2,1H3,(H,20,24). The summed E-state index contributed by atoms with van der Waals surface area (Å²) in [4.78, 5) is 12.4. The first-order valence-electron chi connectivity index (χ1n) is 7.45. The van der Waals surface area contributed by atoms with Crippen molar-refractivity contribution in [2.24, 2.45) is 0 Å². The van der Waals surface area contributed by atoms with Gasteiger partial charge in [0.2, 0.25) is 0 Å². The number of ether oxygens (including phenoxy) is 1. The molecule has 0 bridgehead atoms. The predicted molar refractivity (Wildman–Crippen MR) is 95.9 cm³/mol. The maximum atomic E-state index is 12.4. The second kappa shape index (κ2) is 7.23. The van der Waals surface area contributed by atoms with Crippen LogP contribution >= 0.6 is 11.6 Å². The van der Waals surface area contributed by atoms with Gasteiger partial charge in [0, 0.05) is 16.8 Å². The third-order valence-corrected chi connectivity index (χ3v) is 3.81. The summed E-state index contributed by atoms with van der Waals surface area (Å²) in [6.45, 7) is 0.391. The molecule has 0 saturated carbocycles. The van der Waals surface area contributed by atoms with E-state index in [1.54, 1.807) is 43.5 Å². The summed E-state index contributed by atoms with van der Waals surface area (Å²) in [5.74, 6) is 0.389. The quantitative estimate of drug-likeness (QED) is 0.732. The molecule has 0 aliphatic heterocycles. The maximum absolute atomic E-state index is 12.4. The number of methoxy groups -OCH3 is 1. The van der Waals surface area contributed by atoms with E-state index in [1.165, 1.54) is 4.68 Å². The highest BCUT2D eigenvalue weighted by atomic mass is 35.5. The molecule has 7 nitrogen and oxygen atoms in total. The van der Waals surface area contributed by atoms with Crippen LogP contribution in [0.4, 0.5) is 11.5 Å². The van der Waals surface area contributed by atoms with Crippen LogP contribution in [0.1, 0.15) is 16.1 Å². The van der Waals surface area contributed by atoms with Crippen LogP contribution < -0.4 is 15.8 Å². The summed E-state index contributed by atoms with van der Waals surface area (Å²) in [6, 6.07) is 14.3. The van der Waals surface area contributed by atoms with Crippen LogP contribution in [0.3, 0.4) is 0 Å². The van der Waals surface area contributed by atoms with Gasteiger partial charge in [-0.1, -0.05) is 35.0 Å². The molecule has 0 aliphatic carbocycles. The zero-order valence-electron chi connectivity index (χ0n) is 13.4. The van der Waals surface area contributed by atoms with Crippen molar-refractivity contribution in [3.63, 3.8) is 0 Å². The zero-order valence-corrected chi connectivity index (χ0v) is 14.2. The minimum atomic E-state index is -0.437. The van der Waals surface area contributed by atoms with Crippen LogP contribution in [-0.4, -0.2) is 28.0 Å². The Morgan fingerprint density at radius 2 is 2.04 bits per heavy atom. The fourth-order valence-corrected chi connectivity index (χ4v) is 2.38. The lowest BCUT2D eigenvalue weighted by molar-refractivity contribution is 0.102. The third-order valence-electron chi connectivity index (χ3n) is 3.56. The molecule has 0 atom stereocenters. The topological polar surface area (TPSA) is 95.1 Å². The number of carbonyl (C=O) groups is 1. The predicted octanol–water partition coefficient (Wildman–Crippen LogP) is 2.82. The molecule has 0 unspecified atom stereocenters. The first kappa shape index (κ1) is 16.8. The number of hydrogen-bond donors (Lipinski definition) is 2. The van der Waals surface area contributed by atoms with Crippen molar-refractivity contribution in [1.82, 2.24) is 15.0 Å². The molecule has 1 amide bonds. The lowest BCUT2D eigenvalue weighted by Crippen LogP contribution is -2.15. The first-order chi connectivity index (χ1) is 12.1. The molecule has 0 saturated heterocycles. The number of amides is 1. The first-order valence-corrected chi connectivity index (χ1v) is 7.83. The van der Waals surface area contributed by atoms with Crippen molar-refractivity contribution in [3.05, 3.63) is 64.8 Å². The van der Waals surface area contributed by atoms with E-state index in [9.17, 15) is 4.79 Å². The molecule has 128 valence electrons. The van der Waals surface area contributed by atoms with Crippen LogP contribution in [0.5, 0.6) is 5.75 Å². The lowest BCUT2D eigenvalue weighted by Gasteiger charge is -2.06. The number of nitrogens with two attached hydrogens (primary N) is 1. The van der Waals surface area contributed by atoms with Gasteiger partial charge in [0.1, 0.15) is 5.75 Å². The van der Waals surface area contributed by atoms with Crippen molar-refractivity contribution in [3.8, 4) is 5.75 Å². The molecule has 3 rings (SSSR count). The Bertz CT molecular complexity index is 892. The van der Waals surface area contributed by atoms with Gasteiger partial charge in [-0.25, -0.2) is 4.68 Å². The normalized spacial score (nSPS) is 10.5. The van der Waals surface area contributed by atoms with Crippen molar-refractivity contribution in [1.29, 1.82) is 0 Å². The van der Waals surface area contributed by atoms with Crippen LogP contribution in [0, 0.1) is 0 Å². The van der Waals surface area contributed by atoms with Crippen molar-refractivity contribution in [2.75, 3.05) is 18.2 Å². The van der Waals surface area contributed by atoms with E-state index in [2.05, 4.69) is 15.6 Å². The van der Waals surface area contributed by atoms with Gasteiger partial charge in [-0.3, -0.25) is 4.79 Å². The van der Waals surface area contributed by atoms with E-state index >= 15 is 0 Å². The average molecular weight is 358 g/mol. The van der Waals surface area contributed by atoms with Crippen molar-refractivity contribution >= 4 is 29.0 Å². The number of hydrogen-bond acceptors (Lipinski definition) is 5. The van der Waals surface area contributed by atoms with E-state index in [0.717, 1.165) is 5.56 Å². The molecule has 1 heterocycles. The Hall–Kier alpha value is -3.06. The zero-order chi connectivity index (χ0) is 17.8. The number of halogens is 1. The molecule has 8 heteroatoms. The summed E-state index contributed by atoms with van der Waals surface area (Å²) in [6.07, 6.45) is 0. The number of nitrogens with one attached hydrogen (secondary N) is 1. The minimum absolute atomic E-state index is 0.0665. The van der Waals surface area contributed by atoms with E-state index in [1.807, 2.05) is 12.1 Å². The second-order valence-corrected chi connectivity index (χ2v) is 5.73. The maximum Gasteiger partial charge on any atom is 0.280 e. The van der Waals surface area contributed by atoms with Gasteiger partial charge in [0.05, 0.1) is 13.7 Å². The van der Waals surface area contributed by atoms with E-state index in [4.69, 9.17) is 22.1 Å². The number of benzene rings is 2. The fourth-order valence-electron chi connectivity index (χ4n) is 2.25. The monoisotopic (exact) mass is 357 g/mol. The Balaban J connectivity index is 1.75. The van der Waals surface area contributed by atoms with E-state index in [-0.39, 0.29) is 11.5 Å². The number of rotatable bonds is 5. The van der Waals surface area contributed by atoms with Gasteiger partial charge in [-0.05, 0) is 29.8 Å². The molecule has 0 radical (unpaired) electrons. The van der Waals surface area contributed by atoms with Crippen LogP contribution in [0.25, 0.3) is 0 Å². The summed E-state index contributed by atoms with van der Waals surface area (Å²) in [5, 5.41) is 11.2.